The Bertz CT molecular complexity index is 1660. The van der Waals surface area contributed by atoms with Crippen molar-refractivity contribution >= 4 is 32.6 Å². The van der Waals surface area contributed by atoms with Gasteiger partial charge in [0.1, 0.15) is 11.3 Å². The molecule has 5 aromatic rings. The summed E-state index contributed by atoms with van der Waals surface area (Å²) >= 11 is 0. The standard InChI is InChI=1S/C34H35NO/c1-19-12-20(2)31-29(13-19)35-32(24-16-22-8-6-7-9-25(22)28(17-24)34(3,4)5)27-18-30(36-33(27)31)26-15-21-10-11-23(26)14-21/h6-9,12-13,16-18,21,23,26H,10-11,14-15H2,1-5H3. The van der Waals surface area contributed by atoms with Crippen LogP contribution in [-0.2, 0) is 5.41 Å². The molecular formula is C34H35NO. The van der Waals surface area contributed by atoms with E-state index in [9.17, 15) is 0 Å². The van der Waals surface area contributed by atoms with Gasteiger partial charge in [-0.15, -0.1) is 0 Å². The zero-order valence-electron chi connectivity index (χ0n) is 22.1. The maximum Gasteiger partial charge on any atom is 0.146 e. The fraction of sp³-hybridized carbons (Fsp3) is 0.382. The summed E-state index contributed by atoms with van der Waals surface area (Å²) < 4.78 is 6.85. The summed E-state index contributed by atoms with van der Waals surface area (Å²) in [4.78, 5) is 5.35. The van der Waals surface area contributed by atoms with Crippen molar-refractivity contribution < 1.29 is 4.42 Å². The van der Waals surface area contributed by atoms with E-state index in [1.165, 1.54) is 75.2 Å². The van der Waals surface area contributed by atoms with E-state index in [0.717, 1.165) is 28.6 Å². The topological polar surface area (TPSA) is 26.0 Å². The van der Waals surface area contributed by atoms with Crippen molar-refractivity contribution in [2.24, 2.45) is 11.8 Å². The number of aromatic nitrogens is 1. The normalized spacial score (nSPS) is 21.9. The number of benzene rings is 3. The molecule has 2 bridgehead atoms. The van der Waals surface area contributed by atoms with Crippen molar-refractivity contribution in [3.8, 4) is 11.3 Å². The molecule has 182 valence electrons. The summed E-state index contributed by atoms with van der Waals surface area (Å²) in [6, 6.07) is 20.3. The quantitative estimate of drug-likeness (QED) is 0.255. The Kier molecular flexibility index (Phi) is 4.72. The molecule has 2 fully saturated rings. The van der Waals surface area contributed by atoms with Gasteiger partial charge in [0.25, 0.3) is 0 Å². The van der Waals surface area contributed by atoms with Crippen LogP contribution in [0.1, 0.15) is 74.8 Å². The van der Waals surface area contributed by atoms with Crippen molar-refractivity contribution in [2.75, 3.05) is 0 Å². The fourth-order valence-electron chi connectivity index (χ4n) is 7.34. The smallest absolute Gasteiger partial charge is 0.146 e. The molecule has 3 unspecified atom stereocenters. The van der Waals surface area contributed by atoms with E-state index in [-0.39, 0.29) is 5.41 Å². The largest absolute Gasteiger partial charge is 0.460 e. The Morgan fingerprint density at radius 2 is 1.72 bits per heavy atom. The van der Waals surface area contributed by atoms with Crippen LogP contribution in [0, 0.1) is 25.7 Å². The summed E-state index contributed by atoms with van der Waals surface area (Å²) in [5.41, 5.74) is 8.18. The first-order chi connectivity index (χ1) is 17.3. The second-order valence-corrected chi connectivity index (χ2v) is 12.6. The molecule has 2 nitrogen and oxygen atoms in total. The lowest BCUT2D eigenvalue weighted by Gasteiger charge is -2.23. The minimum absolute atomic E-state index is 0.0311. The highest BCUT2D eigenvalue weighted by Crippen LogP contribution is 2.54. The third-order valence-corrected chi connectivity index (χ3v) is 8.97. The molecule has 2 heteroatoms. The number of hydrogen-bond donors (Lipinski definition) is 0. The highest BCUT2D eigenvalue weighted by atomic mass is 16.3. The number of pyridine rings is 1. The molecule has 0 radical (unpaired) electrons. The summed E-state index contributed by atoms with van der Waals surface area (Å²) in [5.74, 6) is 3.42. The van der Waals surface area contributed by atoms with Crippen molar-refractivity contribution in [2.45, 2.75) is 71.6 Å². The molecule has 0 spiro atoms. The van der Waals surface area contributed by atoms with Crippen molar-refractivity contribution in [1.82, 2.24) is 4.98 Å². The number of furan rings is 1. The number of hydrogen-bond acceptors (Lipinski definition) is 2. The molecule has 2 aliphatic rings. The van der Waals surface area contributed by atoms with Gasteiger partial charge in [0.2, 0.25) is 0 Å². The van der Waals surface area contributed by atoms with Crippen molar-refractivity contribution in [3.63, 3.8) is 0 Å². The lowest BCUT2D eigenvalue weighted by atomic mass is 9.82. The van der Waals surface area contributed by atoms with Crippen LogP contribution in [0.15, 0.2) is 59.0 Å². The van der Waals surface area contributed by atoms with Crippen LogP contribution in [0.2, 0.25) is 0 Å². The van der Waals surface area contributed by atoms with E-state index in [4.69, 9.17) is 9.40 Å². The van der Waals surface area contributed by atoms with Gasteiger partial charge in [-0.25, -0.2) is 4.98 Å². The van der Waals surface area contributed by atoms with Gasteiger partial charge in [0.15, 0.2) is 0 Å². The minimum atomic E-state index is 0.0311. The van der Waals surface area contributed by atoms with Gasteiger partial charge in [-0.1, -0.05) is 57.5 Å². The molecule has 2 aliphatic carbocycles. The van der Waals surface area contributed by atoms with Gasteiger partial charge in [0.05, 0.1) is 11.2 Å². The molecule has 3 aromatic carbocycles. The summed E-state index contributed by atoms with van der Waals surface area (Å²) in [6.45, 7) is 11.3. The molecule has 3 atom stereocenters. The molecule has 0 amide bonds. The SMILES string of the molecule is Cc1cc(C)c2c(c1)nc(-c1cc(C(C)(C)C)c3ccccc3c1)c1cc(C3CC4CCC3C4)oc12. The molecule has 0 saturated heterocycles. The minimum Gasteiger partial charge on any atom is -0.460 e. The summed E-state index contributed by atoms with van der Waals surface area (Å²) in [6.07, 6.45) is 5.43. The van der Waals surface area contributed by atoms with Gasteiger partial charge in [-0.2, -0.15) is 0 Å². The zero-order valence-corrected chi connectivity index (χ0v) is 22.1. The highest BCUT2D eigenvalue weighted by Gasteiger charge is 2.42. The third-order valence-electron chi connectivity index (χ3n) is 8.97. The van der Waals surface area contributed by atoms with E-state index in [1.807, 2.05) is 0 Å². The monoisotopic (exact) mass is 473 g/mol. The molecule has 36 heavy (non-hydrogen) atoms. The first kappa shape index (κ1) is 22.1. The van der Waals surface area contributed by atoms with Crippen LogP contribution in [-0.4, -0.2) is 4.98 Å². The number of nitrogens with zero attached hydrogens (tertiary/aromatic N) is 1. The Morgan fingerprint density at radius 3 is 2.47 bits per heavy atom. The first-order valence-electron chi connectivity index (χ1n) is 13.6. The lowest BCUT2D eigenvalue weighted by Crippen LogP contribution is -2.12. The van der Waals surface area contributed by atoms with Crippen LogP contribution in [0.5, 0.6) is 0 Å². The molecule has 0 aliphatic heterocycles. The van der Waals surface area contributed by atoms with Gasteiger partial charge in [0, 0.05) is 22.3 Å². The highest BCUT2D eigenvalue weighted by molar-refractivity contribution is 6.10. The van der Waals surface area contributed by atoms with Gasteiger partial charge in [-0.05, 0) is 102 Å². The van der Waals surface area contributed by atoms with E-state index in [1.54, 1.807) is 0 Å². The number of fused-ring (bicyclic) bond motifs is 6. The molecule has 2 heterocycles. The molecule has 0 N–H and O–H groups in total. The predicted octanol–water partition coefficient (Wildman–Crippen LogP) is 9.62. The van der Waals surface area contributed by atoms with E-state index in [2.05, 4.69) is 89.2 Å². The molecule has 2 saturated carbocycles. The predicted molar refractivity (Wildman–Crippen MR) is 151 cm³/mol. The number of aryl methyl sites for hydroxylation is 2. The van der Waals surface area contributed by atoms with E-state index in [0.29, 0.717) is 5.92 Å². The summed E-state index contributed by atoms with van der Waals surface area (Å²) in [7, 11) is 0. The Hall–Kier alpha value is -3.13. The van der Waals surface area contributed by atoms with E-state index < -0.39 is 0 Å². The number of rotatable bonds is 2. The van der Waals surface area contributed by atoms with E-state index >= 15 is 0 Å². The maximum absolute atomic E-state index is 6.85. The Labute approximate surface area is 213 Å². The average Bonchev–Trinajstić information content (AvgIpc) is 3.57. The maximum atomic E-state index is 6.85. The zero-order chi connectivity index (χ0) is 24.8. The Morgan fingerprint density at radius 1 is 0.889 bits per heavy atom. The van der Waals surface area contributed by atoms with Crippen LogP contribution in [0.3, 0.4) is 0 Å². The lowest BCUT2D eigenvalue weighted by molar-refractivity contribution is 0.366. The van der Waals surface area contributed by atoms with Crippen LogP contribution in [0.4, 0.5) is 0 Å². The van der Waals surface area contributed by atoms with Crippen molar-refractivity contribution in [1.29, 1.82) is 0 Å². The van der Waals surface area contributed by atoms with Crippen LogP contribution in [0.25, 0.3) is 43.9 Å². The van der Waals surface area contributed by atoms with Gasteiger partial charge < -0.3 is 4.42 Å². The van der Waals surface area contributed by atoms with Crippen LogP contribution < -0.4 is 0 Å². The fourth-order valence-corrected chi connectivity index (χ4v) is 7.34. The second-order valence-electron chi connectivity index (χ2n) is 12.6. The van der Waals surface area contributed by atoms with Gasteiger partial charge in [-0.3, -0.25) is 0 Å². The summed E-state index contributed by atoms with van der Waals surface area (Å²) in [5, 5.41) is 4.94. The third kappa shape index (κ3) is 3.34. The van der Waals surface area contributed by atoms with Crippen LogP contribution >= 0.6 is 0 Å². The second kappa shape index (κ2) is 7.68. The molecular weight excluding hydrogens is 438 g/mol. The molecule has 7 rings (SSSR count). The van der Waals surface area contributed by atoms with Crippen molar-refractivity contribution in [3.05, 3.63) is 77.0 Å². The molecule has 2 aromatic heterocycles. The van der Waals surface area contributed by atoms with Gasteiger partial charge >= 0.3 is 0 Å². The Balaban J connectivity index is 1.54. The first-order valence-corrected chi connectivity index (χ1v) is 13.6. The average molecular weight is 474 g/mol.